The lowest BCUT2D eigenvalue weighted by Crippen LogP contribution is -2.59. The van der Waals surface area contributed by atoms with Crippen LogP contribution in [-0.4, -0.2) is 64.3 Å². The number of amides is 1. The Morgan fingerprint density at radius 3 is 2.05 bits per heavy atom. The van der Waals surface area contributed by atoms with Crippen LogP contribution in [0.25, 0.3) is 10.4 Å². The van der Waals surface area contributed by atoms with Gasteiger partial charge in [-0.15, -0.1) is 0 Å². The van der Waals surface area contributed by atoms with E-state index in [9.17, 15) is 29.5 Å². The molecule has 3 aromatic rings. The van der Waals surface area contributed by atoms with E-state index in [4.69, 9.17) is 18.9 Å². The van der Waals surface area contributed by atoms with Crippen molar-refractivity contribution in [1.82, 2.24) is 9.55 Å². The average Bonchev–Trinajstić information content (AvgIpc) is 2.99. The number of nitrogens with zero attached hydrogens (tertiary/aromatic N) is 5. The minimum atomic E-state index is -1.59. The molecule has 5 atom stereocenters. The fraction of sp³-hybridized carbons (Fsp3) is 0.286. The molecule has 0 unspecified atom stereocenters. The van der Waals surface area contributed by atoms with Gasteiger partial charge in [0.05, 0.1) is 11.1 Å². The van der Waals surface area contributed by atoms with E-state index in [-0.39, 0.29) is 16.9 Å². The zero-order valence-corrected chi connectivity index (χ0v) is 22.9. The molecule has 1 aliphatic heterocycles. The average molecular weight is 591 g/mol. The maximum atomic E-state index is 13.3. The van der Waals surface area contributed by atoms with Crippen molar-refractivity contribution in [3.8, 4) is 0 Å². The molecule has 1 aliphatic rings. The molecule has 222 valence electrons. The third kappa shape index (κ3) is 7.61. The van der Waals surface area contributed by atoms with Crippen molar-refractivity contribution in [2.24, 2.45) is 5.11 Å². The Balaban J connectivity index is 1.84. The van der Waals surface area contributed by atoms with Crippen LogP contribution in [0.1, 0.15) is 40.8 Å². The van der Waals surface area contributed by atoms with Gasteiger partial charge in [0.2, 0.25) is 5.91 Å². The molecule has 1 amide bonds. The van der Waals surface area contributed by atoms with E-state index in [0.29, 0.717) is 0 Å². The van der Waals surface area contributed by atoms with E-state index in [2.05, 4.69) is 20.3 Å². The minimum Gasteiger partial charge on any atom is -0.463 e. The molecule has 4 rings (SSSR count). The van der Waals surface area contributed by atoms with E-state index in [1.807, 2.05) is 0 Å². The summed E-state index contributed by atoms with van der Waals surface area (Å²) in [6, 6.07) is 15.6. The van der Waals surface area contributed by atoms with Crippen LogP contribution in [-0.2, 0) is 28.5 Å². The molecule has 2 aromatic carbocycles. The first-order valence-corrected chi connectivity index (χ1v) is 12.9. The van der Waals surface area contributed by atoms with Gasteiger partial charge < -0.3 is 24.3 Å². The number of aromatic nitrogens is 2. The molecule has 43 heavy (non-hydrogen) atoms. The third-order valence-electron chi connectivity index (χ3n) is 6.19. The number of rotatable bonds is 9. The highest BCUT2D eigenvalue weighted by molar-refractivity contribution is 5.90. The number of carbonyl (C=O) groups is 4. The summed E-state index contributed by atoms with van der Waals surface area (Å²) in [5.41, 5.74) is 8.73. The normalized spacial score (nSPS) is 21.0. The molecule has 1 N–H and O–H groups in total. The molecule has 0 bridgehead atoms. The lowest BCUT2D eigenvalue weighted by Gasteiger charge is -2.44. The fourth-order valence-electron chi connectivity index (χ4n) is 4.32. The van der Waals surface area contributed by atoms with E-state index >= 15 is 0 Å². The molecular weight excluding hydrogens is 564 g/mol. The highest BCUT2D eigenvalue weighted by atomic mass is 16.6. The van der Waals surface area contributed by atoms with Gasteiger partial charge in [-0.05, 0) is 35.9 Å². The van der Waals surface area contributed by atoms with Crippen molar-refractivity contribution < 1.29 is 38.1 Å². The zero-order valence-electron chi connectivity index (χ0n) is 22.9. The lowest BCUT2D eigenvalue weighted by atomic mass is 9.95. The summed E-state index contributed by atoms with van der Waals surface area (Å²) in [5.74, 6) is -2.94. The van der Waals surface area contributed by atoms with Crippen molar-refractivity contribution >= 4 is 29.6 Å². The Bertz CT molecular complexity index is 1590. The second-order valence-electron chi connectivity index (χ2n) is 9.22. The van der Waals surface area contributed by atoms with E-state index in [0.717, 1.165) is 11.5 Å². The van der Waals surface area contributed by atoms with Crippen molar-refractivity contribution in [3.05, 3.63) is 105 Å². The van der Waals surface area contributed by atoms with Crippen molar-refractivity contribution in [1.29, 1.82) is 0 Å². The summed E-state index contributed by atoms with van der Waals surface area (Å²) >= 11 is 0. The molecule has 2 heterocycles. The maximum absolute atomic E-state index is 13.3. The second kappa shape index (κ2) is 13.9. The predicted octanol–water partition coefficient (Wildman–Crippen LogP) is 2.79. The number of carbonyl (C=O) groups excluding carboxylic acids is 4. The van der Waals surface area contributed by atoms with Gasteiger partial charge in [-0.3, -0.25) is 14.2 Å². The predicted molar refractivity (Wildman–Crippen MR) is 148 cm³/mol. The summed E-state index contributed by atoms with van der Waals surface area (Å²) in [5, 5.41) is 6.13. The van der Waals surface area contributed by atoms with Crippen LogP contribution in [0.15, 0.2) is 82.8 Å². The SMILES string of the molecule is CC(=O)Nc1ccn([C@@H]2O[C@H](COC(C)=O)[C@@H](N=[N+]=[N-])[C@H](OC(=O)c3ccccc3)[C@H]2OC(=O)c2ccccc2)c(=O)n1. The number of ether oxygens (including phenoxy) is 4. The summed E-state index contributed by atoms with van der Waals surface area (Å²) in [7, 11) is 0. The number of azide groups is 1. The number of benzene rings is 2. The van der Waals surface area contributed by atoms with E-state index in [1.54, 1.807) is 36.4 Å². The zero-order chi connectivity index (χ0) is 30.9. The Labute approximate surface area is 244 Å². The fourth-order valence-corrected chi connectivity index (χ4v) is 4.32. The molecule has 0 saturated carbocycles. The van der Waals surface area contributed by atoms with Gasteiger partial charge in [0, 0.05) is 25.0 Å². The van der Waals surface area contributed by atoms with Gasteiger partial charge >= 0.3 is 23.6 Å². The van der Waals surface area contributed by atoms with Gasteiger partial charge in [0.1, 0.15) is 24.6 Å². The Hall–Kier alpha value is -5.53. The van der Waals surface area contributed by atoms with Crippen LogP contribution in [0.4, 0.5) is 5.82 Å². The minimum absolute atomic E-state index is 0.0575. The molecule has 15 nitrogen and oxygen atoms in total. The molecule has 1 aromatic heterocycles. The van der Waals surface area contributed by atoms with Gasteiger partial charge in [-0.1, -0.05) is 41.5 Å². The molecule has 0 radical (unpaired) electrons. The van der Waals surface area contributed by atoms with Crippen molar-refractivity contribution in [2.45, 2.75) is 44.4 Å². The molecule has 0 aliphatic carbocycles. The van der Waals surface area contributed by atoms with Crippen molar-refractivity contribution in [2.75, 3.05) is 11.9 Å². The van der Waals surface area contributed by atoms with Gasteiger partial charge in [0.15, 0.2) is 18.4 Å². The number of hydrogen-bond acceptors (Lipinski definition) is 11. The summed E-state index contributed by atoms with van der Waals surface area (Å²) in [6.45, 7) is 1.91. The van der Waals surface area contributed by atoms with Crippen molar-refractivity contribution in [3.63, 3.8) is 0 Å². The number of hydrogen-bond donors (Lipinski definition) is 1. The highest BCUT2D eigenvalue weighted by Gasteiger charge is 2.51. The summed E-state index contributed by atoms with van der Waals surface area (Å²) in [4.78, 5) is 69.5. The molecule has 15 heteroatoms. The Morgan fingerprint density at radius 1 is 0.953 bits per heavy atom. The first-order chi connectivity index (χ1) is 20.7. The maximum Gasteiger partial charge on any atom is 0.351 e. The third-order valence-corrected chi connectivity index (χ3v) is 6.19. The van der Waals surface area contributed by atoms with E-state index < -0.39 is 66.7 Å². The van der Waals surface area contributed by atoms with Gasteiger partial charge in [-0.25, -0.2) is 14.4 Å². The topological polar surface area (TPSA) is 201 Å². The first-order valence-electron chi connectivity index (χ1n) is 12.9. The summed E-state index contributed by atoms with van der Waals surface area (Å²) in [6.07, 6.45) is -4.71. The molecule has 1 fully saturated rings. The number of nitrogens with one attached hydrogen (secondary N) is 1. The number of esters is 3. The van der Waals surface area contributed by atoms with Crippen LogP contribution in [0.3, 0.4) is 0 Å². The van der Waals surface area contributed by atoms with Crippen LogP contribution in [0.5, 0.6) is 0 Å². The monoisotopic (exact) mass is 590 g/mol. The smallest absolute Gasteiger partial charge is 0.351 e. The lowest BCUT2D eigenvalue weighted by molar-refractivity contribution is -0.218. The van der Waals surface area contributed by atoms with Gasteiger partial charge in [-0.2, -0.15) is 4.98 Å². The summed E-state index contributed by atoms with van der Waals surface area (Å²) < 4.78 is 23.8. The van der Waals surface area contributed by atoms with Crippen LogP contribution in [0, 0.1) is 0 Å². The highest BCUT2D eigenvalue weighted by Crippen LogP contribution is 2.35. The van der Waals surface area contributed by atoms with Crippen LogP contribution < -0.4 is 11.0 Å². The molecule has 1 saturated heterocycles. The quantitative estimate of drug-likeness (QED) is 0.127. The Morgan fingerprint density at radius 2 is 1.53 bits per heavy atom. The van der Waals surface area contributed by atoms with Crippen LogP contribution in [0.2, 0.25) is 0 Å². The van der Waals surface area contributed by atoms with Gasteiger partial charge in [0.25, 0.3) is 0 Å². The number of anilines is 1. The molecular formula is C28H26N6O9. The second-order valence-corrected chi connectivity index (χ2v) is 9.22. The first kappa shape index (κ1) is 30.4. The van der Waals surface area contributed by atoms with Crippen LogP contribution >= 0.6 is 0 Å². The largest absolute Gasteiger partial charge is 0.463 e. The standard InChI is InChI=1S/C28H26N6O9/c1-16(35)30-21-13-14-34(28(39)31-21)25-24(43-27(38)19-11-7-4-8-12-19)23(42-26(37)18-9-5-3-6-10-18)22(32-33-29)20(41-25)15-40-17(2)36/h3-14,20,22-25H,15H2,1-2H3,(H,30,31,35,39)/t20-,22-,23+,24-,25-/m1/s1. The Kier molecular flexibility index (Phi) is 9.83. The van der Waals surface area contributed by atoms with E-state index in [1.165, 1.54) is 43.5 Å². The molecule has 0 spiro atoms.